The Hall–Kier alpha value is -3.89. The van der Waals surface area contributed by atoms with Crippen molar-refractivity contribution >= 4 is 50.5 Å². The predicted molar refractivity (Wildman–Crippen MR) is 137 cm³/mol. The number of phenolic OH excluding ortho intramolecular Hbond substituents is 1. The van der Waals surface area contributed by atoms with Crippen molar-refractivity contribution in [1.82, 2.24) is 10.3 Å². The van der Waals surface area contributed by atoms with Crippen LogP contribution in [0.2, 0.25) is 0 Å². The first kappa shape index (κ1) is 23.3. The molecule has 4 rings (SSSR count). The van der Waals surface area contributed by atoms with Crippen LogP contribution in [0, 0.1) is 0 Å². The number of fused-ring (bicyclic) bond motifs is 1. The highest BCUT2D eigenvalue weighted by atomic mass is 32.1. The van der Waals surface area contributed by atoms with Gasteiger partial charge in [0.25, 0.3) is 5.91 Å². The molecule has 3 N–H and O–H groups in total. The van der Waals surface area contributed by atoms with Crippen LogP contribution in [0.5, 0.6) is 23.0 Å². The maximum Gasteiger partial charge on any atom is 0.257 e. The Bertz CT molecular complexity index is 1330. The zero-order valence-corrected chi connectivity index (χ0v) is 20.2. The molecule has 0 bridgehead atoms. The molecule has 0 radical (unpaired) electrons. The van der Waals surface area contributed by atoms with Crippen molar-refractivity contribution in [2.75, 3.05) is 26.6 Å². The highest BCUT2D eigenvalue weighted by Crippen LogP contribution is 2.38. The zero-order chi connectivity index (χ0) is 24.2. The van der Waals surface area contributed by atoms with Crippen molar-refractivity contribution in [3.63, 3.8) is 0 Å². The summed E-state index contributed by atoms with van der Waals surface area (Å²) in [4.78, 5) is 17.4. The molecule has 0 aliphatic heterocycles. The number of amides is 1. The predicted octanol–water partition coefficient (Wildman–Crippen LogP) is 4.82. The highest BCUT2D eigenvalue weighted by molar-refractivity contribution is 7.80. The van der Waals surface area contributed by atoms with Gasteiger partial charge in [-0.1, -0.05) is 12.1 Å². The number of anilines is 1. The van der Waals surface area contributed by atoms with E-state index < -0.39 is 5.91 Å². The molecule has 0 spiro atoms. The van der Waals surface area contributed by atoms with Gasteiger partial charge < -0.3 is 24.6 Å². The number of nitrogens with one attached hydrogen (secondary N) is 2. The van der Waals surface area contributed by atoms with Gasteiger partial charge in [0.05, 0.1) is 37.1 Å². The third kappa shape index (κ3) is 4.73. The van der Waals surface area contributed by atoms with Crippen molar-refractivity contribution in [3.8, 4) is 33.6 Å². The molecule has 8 nitrogen and oxygen atoms in total. The summed E-state index contributed by atoms with van der Waals surface area (Å²) in [7, 11) is 4.43. The van der Waals surface area contributed by atoms with E-state index in [0.29, 0.717) is 33.5 Å². The SMILES string of the molecule is COc1cc(C(=O)NC(=S)Nc2ccc(O)c(-c3nc4ccccc4s3)c2)cc(OC)c1OC. The second-order valence-corrected chi connectivity index (χ2v) is 8.48. The van der Waals surface area contributed by atoms with Gasteiger partial charge in [-0.25, -0.2) is 4.98 Å². The molecule has 0 aliphatic carbocycles. The van der Waals surface area contributed by atoms with E-state index in [9.17, 15) is 9.90 Å². The van der Waals surface area contributed by atoms with E-state index in [4.69, 9.17) is 26.4 Å². The normalized spacial score (nSPS) is 10.6. The van der Waals surface area contributed by atoms with Crippen LogP contribution in [-0.2, 0) is 0 Å². The first-order valence-corrected chi connectivity index (χ1v) is 11.3. The fraction of sp³-hybridized carbons (Fsp3) is 0.125. The van der Waals surface area contributed by atoms with Gasteiger partial charge >= 0.3 is 0 Å². The summed E-state index contributed by atoms with van der Waals surface area (Å²) in [5.41, 5.74) is 2.28. The van der Waals surface area contributed by atoms with Gasteiger partial charge in [0.2, 0.25) is 5.75 Å². The second kappa shape index (κ2) is 9.94. The van der Waals surface area contributed by atoms with Gasteiger partial charge in [-0.15, -0.1) is 11.3 Å². The molecular weight excluding hydrogens is 474 g/mol. The number of aromatic hydroxyl groups is 1. The Balaban J connectivity index is 1.52. The van der Waals surface area contributed by atoms with Crippen LogP contribution in [0.4, 0.5) is 5.69 Å². The molecular formula is C24H21N3O5S2. The highest BCUT2D eigenvalue weighted by Gasteiger charge is 2.18. The van der Waals surface area contributed by atoms with Crippen molar-refractivity contribution in [2.24, 2.45) is 0 Å². The van der Waals surface area contributed by atoms with Gasteiger partial charge in [-0.05, 0) is 54.7 Å². The first-order valence-electron chi connectivity index (χ1n) is 10.0. The van der Waals surface area contributed by atoms with Crippen molar-refractivity contribution in [1.29, 1.82) is 0 Å². The molecule has 4 aromatic rings. The maximum atomic E-state index is 12.8. The standard InChI is InChI=1S/C24H21N3O5S2/c1-30-18-10-13(11-19(31-2)21(18)32-3)22(29)27-24(33)25-14-8-9-17(28)15(12-14)23-26-16-6-4-5-7-20(16)34-23/h4-12,28H,1-3H3,(H2,25,27,29,33). The third-order valence-electron chi connectivity index (χ3n) is 4.93. The molecule has 0 saturated heterocycles. The number of benzene rings is 3. The zero-order valence-electron chi connectivity index (χ0n) is 18.5. The van der Waals surface area contributed by atoms with Gasteiger partial charge in [-0.2, -0.15) is 0 Å². The van der Waals surface area contributed by atoms with Crippen LogP contribution in [0.15, 0.2) is 54.6 Å². The molecule has 1 amide bonds. The number of methoxy groups -OCH3 is 3. The van der Waals surface area contributed by atoms with E-state index >= 15 is 0 Å². The van der Waals surface area contributed by atoms with Crippen LogP contribution in [0.1, 0.15) is 10.4 Å². The van der Waals surface area contributed by atoms with Crippen molar-refractivity contribution < 1.29 is 24.1 Å². The van der Waals surface area contributed by atoms with E-state index in [1.807, 2.05) is 24.3 Å². The average Bonchev–Trinajstić information content (AvgIpc) is 3.28. The Morgan fingerprint density at radius 2 is 1.71 bits per heavy atom. The Kier molecular flexibility index (Phi) is 6.80. The number of rotatable bonds is 6. The number of ether oxygens (including phenoxy) is 3. The number of para-hydroxylation sites is 1. The van der Waals surface area contributed by atoms with Gasteiger partial charge in [0.15, 0.2) is 16.6 Å². The monoisotopic (exact) mass is 495 g/mol. The number of carbonyl (C=O) groups is 1. The molecule has 10 heteroatoms. The minimum atomic E-state index is -0.457. The number of carbonyl (C=O) groups excluding carboxylic acids is 1. The average molecular weight is 496 g/mol. The van der Waals surface area contributed by atoms with Crippen molar-refractivity contribution in [3.05, 3.63) is 60.2 Å². The molecule has 174 valence electrons. The lowest BCUT2D eigenvalue weighted by Crippen LogP contribution is -2.34. The summed E-state index contributed by atoms with van der Waals surface area (Å²) >= 11 is 6.80. The minimum Gasteiger partial charge on any atom is -0.507 e. The number of hydrogen-bond acceptors (Lipinski definition) is 8. The Morgan fingerprint density at radius 1 is 1.00 bits per heavy atom. The number of thiocarbonyl (C=S) groups is 1. The lowest BCUT2D eigenvalue weighted by molar-refractivity contribution is 0.0977. The summed E-state index contributed by atoms with van der Waals surface area (Å²) in [6.07, 6.45) is 0. The molecule has 3 aromatic carbocycles. The number of aromatic nitrogens is 1. The summed E-state index contributed by atoms with van der Waals surface area (Å²) in [5, 5.41) is 16.7. The second-order valence-electron chi connectivity index (χ2n) is 7.04. The fourth-order valence-corrected chi connectivity index (χ4v) is 4.52. The van der Waals surface area contributed by atoms with Crippen LogP contribution in [0.25, 0.3) is 20.8 Å². The minimum absolute atomic E-state index is 0.0830. The lowest BCUT2D eigenvalue weighted by atomic mass is 10.1. The lowest BCUT2D eigenvalue weighted by Gasteiger charge is -2.15. The summed E-state index contributed by atoms with van der Waals surface area (Å²) < 4.78 is 16.9. The number of hydrogen-bond donors (Lipinski definition) is 3. The topological polar surface area (TPSA) is 102 Å². The van der Waals surface area contributed by atoms with Crippen LogP contribution in [0.3, 0.4) is 0 Å². The molecule has 0 atom stereocenters. The molecule has 0 saturated carbocycles. The molecule has 34 heavy (non-hydrogen) atoms. The quantitative estimate of drug-likeness (QED) is 0.258. The van der Waals surface area contributed by atoms with E-state index in [2.05, 4.69) is 15.6 Å². The van der Waals surface area contributed by atoms with Crippen LogP contribution < -0.4 is 24.8 Å². The third-order valence-corrected chi connectivity index (χ3v) is 6.21. The largest absolute Gasteiger partial charge is 0.507 e. The smallest absolute Gasteiger partial charge is 0.257 e. The van der Waals surface area contributed by atoms with Gasteiger partial charge in [0.1, 0.15) is 10.8 Å². The molecule has 0 aliphatic rings. The van der Waals surface area contributed by atoms with Gasteiger partial charge in [-0.3, -0.25) is 10.1 Å². The summed E-state index contributed by atoms with van der Waals surface area (Å²) in [6.45, 7) is 0. The van der Waals surface area contributed by atoms with Crippen LogP contribution in [-0.4, -0.2) is 42.4 Å². The number of thiazole rings is 1. The Morgan fingerprint density at radius 3 is 2.35 bits per heavy atom. The van der Waals surface area contributed by atoms with E-state index in [1.165, 1.54) is 44.8 Å². The van der Waals surface area contributed by atoms with E-state index in [-0.39, 0.29) is 16.4 Å². The maximum absolute atomic E-state index is 12.8. The van der Waals surface area contributed by atoms with Crippen LogP contribution >= 0.6 is 23.6 Å². The molecule has 1 aromatic heterocycles. The number of phenols is 1. The summed E-state index contributed by atoms with van der Waals surface area (Å²) in [6, 6.07) is 15.8. The molecule has 1 heterocycles. The molecule has 0 unspecified atom stereocenters. The Labute approximate surface area is 205 Å². The number of nitrogens with zero attached hydrogens (tertiary/aromatic N) is 1. The van der Waals surface area contributed by atoms with E-state index in [0.717, 1.165) is 10.2 Å². The van der Waals surface area contributed by atoms with Crippen molar-refractivity contribution in [2.45, 2.75) is 0 Å². The van der Waals surface area contributed by atoms with Gasteiger partial charge in [0, 0.05) is 11.3 Å². The van der Waals surface area contributed by atoms with E-state index in [1.54, 1.807) is 18.2 Å². The first-order chi connectivity index (χ1) is 16.4. The fourth-order valence-electron chi connectivity index (χ4n) is 3.32. The summed E-state index contributed by atoms with van der Waals surface area (Å²) in [5.74, 6) is 0.724. The molecule has 0 fully saturated rings.